The number of rotatable bonds is 8. The number of nitrogens with one attached hydrogen (secondary N) is 1. The van der Waals surface area contributed by atoms with Gasteiger partial charge in [0.2, 0.25) is 5.75 Å². The summed E-state index contributed by atoms with van der Waals surface area (Å²) in [7, 11) is 1.33. The topological polar surface area (TPSA) is 117 Å². The first-order valence-corrected chi connectivity index (χ1v) is 6.40. The van der Waals surface area contributed by atoms with Gasteiger partial charge < -0.3 is 20.5 Å². The first-order valence-electron chi connectivity index (χ1n) is 6.40. The summed E-state index contributed by atoms with van der Waals surface area (Å²) in [6.07, 6.45) is 0. The van der Waals surface area contributed by atoms with E-state index in [0.29, 0.717) is 18.8 Å². The summed E-state index contributed by atoms with van der Waals surface area (Å²) >= 11 is 0. The summed E-state index contributed by atoms with van der Waals surface area (Å²) in [5.41, 5.74) is 5.28. The maximum Gasteiger partial charge on any atom is 0.311 e. The number of ether oxygens (including phenoxy) is 2. The van der Waals surface area contributed by atoms with Gasteiger partial charge in [-0.15, -0.1) is 12.4 Å². The van der Waals surface area contributed by atoms with Crippen molar-refractivity contribution < 1.29 is 19.2 Å². The van der Waals surface area contributed by atoms with Crippen molar-refractivity contribution in [2.75, 3.05) is 26.8 Å². The average molecular weight is 334 g/mol. The zero-order valence-corrected chi connectivity index (χ0v) is 13.2. The van der Waals surface area contributed by atoms with Gasteiger partial charge in [0.1, 0.15) is 5.75 Å². The number of nitrogens with zero attached hydrogens (tertiary/aromatic N) is 1. The third kappa shape index (κ3) is 6.15. The van der Waals surface area contributed by atoms with Crippen LogP contribution in [0, 0.1) is 16.0 Å². The van der Waals surface area contributed by atoms with Gasteiger partial charge in [0.05, 0.1) is 12.0 Å². The monoisotopic (exact) mass is 333 g/mol. The molecule has 0 spiro atoms. The van der Waals surface area contributed by atoms with Gasteiger partial charge in [-0.25, -0.2) is 0 Å². The number of carbonyl (C=O) groups is 1. The van der Waals surface area contributed by atoms with Crippen LogP contribution in [0.2, 0.25) is 0 Å². The second-order valence-corrected chi connectivity index (χ2v) is 4.52. The highest BCUT2D eigenvalue weighted by atomic mass is 35.5. The van der Waals surface area contributed by atoms with Crippen LogP contribution in [0.3, 0.4) is 0 Å². The van der Waals surface area contributed by atoms with Crippen molar-refractivity contribution in [3.8, 4) is 11.5 Å². The van der Waals surface area contributed by atoms with Crippen LogP contribution in [0.1, 0.15) is 6.92 Å². The highest BCUT2D eigenvalue weighted by molar-refractivity contribution is 5.85. The molecule has 0 bridgehead atoms. The highest BCUT2D eigenvalue weighted by Gasteiger charge is 2.15. The zero-order chi connectivity index (χ0) is 15.8. The molecule has 1 rings (SSSR count). The molecule has 0 aliphatic rings. The van der Waals surface area contributed by atoms with Crippen molar-refractivity contribution in [3.05, 3.63) is 28.3 Å². The van der Waals surface area contributed by atoms with Crippen molar-refractivity contribution in [2.24, 2.45) is 11.7 Å². The van der Waals surface area contributed by atoms with E-state index in [2.05, 4.69) is 5.32 Å². The van der Waals surface area contributed by atoms with E-state index in [-0.39, 0.29) is 42.3 Å². The molecule has 0 saturated heterocycles. The number of halogens is 1. The van der Waals surface area contributed by atoms with E-state index in [1.165, 1.54) is 25.3 Å². The predicted molar refractivity (Wildman–Crippen MR) is 83.6 cm³/mol. The third-order valence-electron chi connectivity index (χ3n) is 2.77. The van der Waals surface area contributed by atoms with Crippen LogP contribution >= 0.6 is 12.4 Å². The average Bonchev–Trinajstić information content (AvgIpc) is 2.49. The Bertz CT molecular complexity index is 512. The van der Waals surface area contributed by atoms with Crippen molar-refractivity contribution in [1.82, 2.24) is 5.32 Å². The van der Waals surface area contributed by atoms with Crippen LogP contribution in [0.4, 0.5) is 5.69 Å². The second-order valence-electron chi connectivity index (χ2n) is 4.52. The molecule has 3 N–H and O–H groups in total. The number of benzene rings is 1. The fraction of sp³-hybridized carbons (Fsp3) is 0.462. The lowest BCUT2D eigenvalue weighted by molar-refractivity contribution is -0.385. The molecule has 0 aromatic heterocycles. The normalized spacial score (nSPS) is 11.0. The van der Waals surface area contributed by atoms with E-state index in [1.807, 2.05) is 6.92 Å². The minimum Gasteiger partial charge on any atom is -0.490 e. The standard InChI is InChI=1S/C13H19N3O5.ClH/c1-9(6-14)7-15-13(17)8-21-10-3-4-11(16(18)19)12(5-10)20-2;/h3-5,9H,6-8,14H2,1-2H3,(H,15,17);1H. The number of hydrogen-bond acceptors (Lipinski definition) is 6. The molecule has 0 aliphatic carbocycles. The molecule has 8 nitrogen and oxygen atoms in total. The minimum absolute atomic E-state index is 0. The maximum absolute atomic E-state index is 11.5. The van der Waals surface area contributed by atoms with Gasteiger partial charge in [0, 0.05) is 18.7 Å². The molecule has 9 heteroatoms. The first kappa shape index (κ1) is 19.9. The predicted octanol–water partition coefficient (Wildman–Crippen LogP) is 1.11. The fourth-order valence-corrected chi connectivity index (χ4v) is 1.47. The zero-order valence-electron chi connectivity index (χ0n) is 12.4. The molecule has 1 unspecified atom stereocenters. The Hall–Kier alpha value is -2.06. The Labute approximate surface area is 134 Å². The molecular formula is C13H20ClN3O5. The molecule has 22 heavy (non-hydrogen) atoms. The lowest BCUT2D eigenvalue weighted by atomic mass is 10.2. The van der Waals surface area contributed by atoms with Crippen LogP contribution < -0.4 is 20.5 Å². The van der Waals surface area contributed by atoms with Crippen molar-refractivity contribution >= 4 is 24.0 Å². The molecule has 0 aliphatic heterocycles. The van der Waals surface area contributed by atoms with Gasteiger partial charge in [-0.3, -0.25) is 14.9 Å². The number of hydrogen-bond donors (Lipinski definition) is 2. The molecule has 1 aromatic rings. The number of nitrogens with two attached hydrogens (primary N) is 1. The van der Waals surface area contributed by atoms with Crippen LogP contribution in [0.5, 0.6) is 11.5 Å². The Morgan fingerprint density at radius 3 is 2.73 bits per heavy atom. The lowest BCUT2D eigenvalue weighted by Crippen LogP contribution is -2.34. The summed E-state index contributed by atoms with van der Waals surface area (Å²) in [5.74, 6) is 0.301. The second kappa shape index (κ2) is 9.80. The van der Waals surface area contributed by atoms with Gasteiger partial charge in [-0.05, 0) is 18.5 Å². The number of nitro benzene ring substituents is 1. The number of carbonyl (C=O) groups excluding carboxylic acids is 1. The van der Waals surface area contributed by atoms with Crippen molar-refractivity contribution in [3.63, 3.8) is 0 Å². The Balaban J connectivity index is 0.00000441. The summed E-state index contributed by atoms with van der Waals surface area (Å²) in [5, 5.41) is 13.4. The molecule has 1 amide bonds. The Kier molecular flexibility index (Phi) is 8.88. The van der Waals surface area contributed by atoms with E-state index < -0.39 is 4.92 Å². The molecule has 0 fully saturated rings. The van der Waals surface area contributed by atoms with Crippen molar-refractivity contribution in [2.45, 2.75) is 6.92 Å². The Morgan fingerprint density at radius 2 is 2.18 bits per heavy atom. The smallest absolute Gasteiger partial charge is 0.311 e. The molecule has 1 aromatic carbocycles. The molecule has 1 atom stereocenters. The van der Waals surface area contributed by atoms with Gasteiger partial charge in [-0.1, -0.05) is 6.92 Å². The van der Waals surface area contributed by atoms with Crippen LogP contribution in [0.25, 0.3) is 0 Å². The van der Waals surface area contributed by atoms with Gasteiger partial charge in [0.15, 0.2) is 6.61 Å². The summed E-state index contributed by atoms with van der Waals surface area (Å²) in [6.45, 7) is 2.70. The van der Waals surface area contributed by atoms with Crippen molar-refractivity contribution in [1.29, 1.82) is 0 Å². The van der Waals surface area contributed by atoms with Gasteiger partial charge >= 0.3 is 5.69 Å². The number of nitro groups is 1. The highest BCUT2D eigenvalue weighted by Crippen LogP contribution is 2.30. The maximum atomic E-state index is 11.5. The third-order valence-corrected chi connectivity index (χ3v) is 2.77. The Morgan fingerprint density at radius 1 is 1.50 bits per heavy atom. The van der Waals surface area contributed by atoms with E-state index in [9.17, 15) is 14.9 Å². The number of amides is 1. The van der Waals surface area contributed by atoms with Crippen LogP contribution in [-0.4, -0.2) is 37.6 Å². The van der Waals surface area contributed by atoms with Crippen LogP contribution in [0.15, 0.2) is 18.2 Å². The summed E-state index contributed by atoms with van der Waals surface area (Å²) < 4.78 is 10.2. The van der Waals surface area contributed by atoms with Crippen LogP contribution in [-0.2, 0) is 4.79 Å². The SMILES string of the molecule is COc1cc(OCC(=O)NCC(C)CN)ccc1[N+](=O)[O-].Cl. The van der Waals surface area contributed by atoms with E-state index >= 15 is 0 Å². The summed E-state index contributed by atoms with van der Waals surface area (Å²) in [4.78, 5) is 21.7. The fourth-order valence-electron chi connectivity index (χ4n) is 1.47. The van der Waals surface area contributed by atoms with Gasteiger partial charge in [0.25, 0.3) is 5.91 Å². The minimum atomic E-state index is -0.552. The largest absolute Gasteiger partial charge is 0.490 e. The molecule has 124 valence electrons. The van der Waals surface area contributed by atoms with Gasteiger partial charge in [-0.2, -0.15) is 0 Å². The van der Waals surface area contributed by atoms with E-state index in [4.69, 9.17) is 15.2 Å². The van der Waals surface area contributed by atoms with E-state index in [0.717, 1.165) is 0 Å². The molecule has 0 saturated carbocycles. The summed E-state index contributed by atoms with van der Waals surface area (Å²) in [6, 6.07) is 4.05. The molecule has 0 heterocycles. The quantitative estimate of drug-likeness (QED) is 0.543. The van der Waals surface area contributed by atoms with E-state index in [1.54, 1.807) is 0 Å². The first-order chi connectivity index (χ1) is 9.97. The molecular weight excluding hydrogens is 314 g/mol. The lowest BCUT2D eigenvalue weighted by Gasteiger charge is -2.11. The number of methoxy groups -OCH3 is 1. The molecule has 0 radical (unpaired) electrons.